The number of halogens is 1. The van der Waals surface area contributed by atoms with Crippen LogP contribution in [-0.4, -0.2) is 49.0 Å². The van der Waals surface area contributed by atoms with Crippen molar-refractivity contribution in [2.24, 2.45) is 0 Å². The number of ether oxygens (including phenoxy) is 1. The van der Waals surface area contributed by atoms with Gasteiger partial charge in [-0.1, -0.05) is 18.5 Å². The van der Waals surface area contributed by atoms with E-state index in [1.54, 1.807) is 19.1 Å². The molecule has 0 unspecified atom stereocenters. The van der Waals surface area contributed by atoms with Gasteiger partial charge in [0.15, 0.2) is 0 Å². The molecule has 132 valence electrons. The number of nitrogens with zero attached hydrogens (tertiary/aromatic N) is 1. The molecule has 0 spiro atoms. The molecule has 1 aromatic carbocycles. The van der Waals surface area contributed by atoms with E-state index in [9.17, 15) is 16.8 Å². The van der Waals surface area contributed by atoms with Crippen LogP contribution in [0.2, 0.25) is 5.02 Å². The van der Waals surface area contributed by atoms with E-state index in [0.717, 1.165) is 10.6 Å². The lowest BCUT2D eigenvalue weighted by atomic mass is 10.3. The van der Waals surface area contributed by atoms with Crippen LogP contribution in [-0.2, 0) is 20.0 Å². The first-order chi connectivity index (χ1) is 10.6. The third kappa shape index (κ3) is 6.17. The van der Waals surface area contributed by atoms with Crippen LogP contribution in [0.5, 0.6) is 5.75 Å². The number of methoxy groups -OCH3 is 1. The molecule has 0 aliphatic carbocycles. The van der Waals surface area contributed by atoms with Crippen LogP contribution in [0.4, 0.5) is 5.69 Å². The van der Waals surface area contributed by atoms with Gasteiger partial charge in [0.05, 0.1) is 24.8 Å². The van der Waals surface area contributed by atoms with Gasteiger partial charge >= 0.3 is 0 Å². The van der Waals surface area contributed by atoms with E-state index in [-0.39, 0.29) is 24.5 Å². The van der Waals surface area contributed by atoms with Crippen LogP contribution >= 0.6 is 11.6 Å². The lowest BCUT2D eigenvalue weighted by molar-refractivity contribution is 0.415. The Labute approximate surface area is 142 Å². The highest BCUT2D eigenvalue weighted by Crippen LogP contribution is 2.32. The summed E-state index contributed by atoms with van der Waals surface area (Å²) in [5.74, 6) is 0.322. The normalized spacial score (nSPS) is 12.2. The number of anilines is 1. The fourth-order valence-electron chi connectivity index (χ4n) is 1.97. The van der Waals surface area contributed by atoms with Crippen LogP contribution in [0, 0.1) is 0 Å². The molecule has 0 radical (unpaired) electrons. The molecule has 0 amide bonds. The highest BCUT2D eigenvalue weighted by atomic mass is 35.5. The zero-order valence-corrected chi connectivity index (χ0v) is 15.6. The summed E-state index contributed by atoms with van der Waals surface area (Å²) in [4.78, 5) is 0. The van der Waals surface area contributed by atoms with Crippen molar-refractivity contribution in [1.82, 2.24) is 4.72 Å². The topological polar surface area (TPSA) is 92.8 Å². The Morgan fingerprint density at radius 3 is 2.43 bits per heavy atom. The number of nitrogens with one attached hydrogen (secondary N) is 1. The minimum absolute atomic E-state index is 0.00758. The van der Waals surface area contributed by atoms with Crippen LogP contribution in [0.1, 0.15) is 13.3 Å². The molecule has 1 N–H and O–H groups in total. The summed E-state index contributed by atoms with van der Waals surface area (Å²) in [5, 5.41) is 0.348. The second-order valence-electron chi connectivity index (χ2n) is 4.86. The first-order valence-corrected chi connectivity index (χ1v) is 10.8. The van der Waals surface area contributed by atoms with Gasteiger partial charge in [-0.2, -0.15) is 0 Å². The molecule has 0 bridgehead atoms. The molecule has 0 saturated carbocycles. The van der Waals surface area contributed by atoms with Gasteiger partial charge < -0.3 is 4.74 Å². The van der Waals surface area contributed by atoms with Crippen molar-refractivity contribution >= 4 is 37.3 Å². The van der Waals surface area contributed by atoms with E-state index < -0.39 is 20.0 Å². The van der Waals surface area contributed by atoms with Crippen LogP contribution < -0.4 is 13.8 Å². The van der Waals surface area contributed by atoms with Crippen molar-refractivity contribution in [3.8, 4) is 5.75 Å². The van der Waals surface area contributed by atoms with Crippen molar-refractivity contribution in [3.63, 3.8) is 0 Å². The second kappa shape index (κ2) is 8.18. The predicted octanol–water partition coefficient (Wildman–Crippen LogP) is 1.44. The molecule has 23 heavy (non-hydrogen) atoms. The Kier molecular flexibility index (Phi) is 7.12. The Balaban J connectivity index is 3.02. The maximum atomic E-state index is 12.0. The largest absolute Gasteiger partial charge is 0.495 e. The third-order valence-corrected chi connectivity index (χ3v) is 5.92. The number of benzene rings is 1. The molecule has 0 aliphatic rings. The molecule has 10 heteroatoms. The highest BCUT2D eigenvalue weighted by molar-refractivity contribution is 7.92. The van der Waals surface area contributed by atoms with E-state index in [0.29, 0.717) is 17.2 Å². The lowest BCUT2D eigenvalue weighted by Gasteiger charge is -2.24. The van der Waals surface area contributed by atoms with E-state index in [1.807, 2.05) is 0 Å². The van der Waals surface area contributed by atoms with Crippen LogP contribution in [0.3, 0.4) is 0 Å². The maximum Gasteiger partial charge on any atom is 0.232 e. The SMILES string of the molecule is CCCS(=O)(=O)NCCN(c1cc(Cl)ccc1OC)S(C)(=O)=O. The molecular weight excluding hydrogens is 364 g/mol. The summed E-state index contributed by atoms with van der Waals surface area (Å²) < 4.78 is 56.0. The molecule has 1 rings (SSSR count). The van der Waals surface area contributed by atoms with Gasteiger partial charge in [0.2, 0.25) is 20.0 Å². The summed E-state index contributed by atoms with van der Waals surface area (Å²) in [6.07, 6.45) is 1.52. The Bertz CT molecular complexity index is 735. The fourth-order valence-corrected chi connectivity index (χ4v) is 4.14. The van der Waals surface area contributed by atoms with Crippen molar-refractivity contribution < 1.29 is 21.6 Å². The van der Waals surface area contributed by atoms with Crippen molar-refractivity contribution in [2.45, 2.75) is 13.3 Å². The molecule has 0 atom stereocenters. The van der Waals surface area contributed by atoms with E-state index in [4.69, 9.17) is 16.3 Å². The molecule has 7 nitrogen and oxygen atoms in total. The van der Waals surface area contributed by atoms with Crippen molar-refractivity contribution in [3.05, 3.63) is 23.2 Å². The van der Waals surface area contributed by atoms with Crippen LogP contribution in [0.25, 0.3) is 0 Å². The quantitative estimate of drug-likeness (QED) is 0.695. The second-order valence-corrected chi connectivity index (χ2v) is 9.13. The minimum atomic E-state index is -3.64. The van der Waals surface area contributed by atoms with Crippen molar-refractivity contribution in [1.29, 1.82) is 0 Å². The summed E-state index contributed by atoms with van der Waals surface area (Å²) in [7, 11) is -5.63. The smallest absolute Gasteiger partial charge is 0.232 e. The van der Waals surface area contributed by atoms with Gasteiger partial charge in [-0.25, -0.2) is 21.6 Å². The third-order valence-electron chi connectivity index (χ3n) is 2.92. The minimum Gasteiger partial charge on any atom is -0.495 e. The molecule has 0 saturated heterocycles. The van der Waals surface area contributed by atoms with E-state index in [2.05, 4.69) is 4.72 Å². The number of hydrogen-bond acceptors (Lipinski definition) is 5. The Morgan fingerprint density at radius 1 is 1.26 bits per heavy atom. The Hall–Kier alpha value is -1.03. The van der Waals surface area contributed by atoms with Gasteiger partial charge in [0, 0.05) is 18.1 Å². The predicted molar refractivity (Wildman–Crippen MR) is 92.3 cm³/mol. The molecular formula is C13H21ClN2O5S2. The molecule has 0 heterocycles. The molecule has 0 fully saturated rings. The first-order valence-electron chi connectivity index (χ1n) is 6.89. The number of rotatable bonds is 9. The summed E-state index contributed by atoms with van der Waals surface area (Å²) in [6.45, 7) is 1.63. The molecule has 1 aromatic rings. The van der Waals surface area contributed by atoms with Gasteiger partial charge in [0.25, 0.3) is 0 Å². The lowest BCUT2D eigenvalue weighted by Crippen LogP contribution is -2.39. The van der Waals surface area contributed by atoms with E-state index >= 15 is 0 Å². The first kappa shape index (κ1) is 20.0. The summed E-state index contributed by atoms with van der Waals surface area (Å²) >= 11 is 5.93. The average molecular weight is 385 g/mol. The zero-order chi connectivity index (χ0) is 17.7. The Morgan fingerprint density at radius 2 is 1.91 bits per heavy atom. The number of hydrogen-bond donors (Lipinski definition) is 1. The monoisotopic (exact) mass is 384 g/mol. The standard InChI is InChI=1S/C13H21ClN2O5S2/c1-4-9-23(19,20)15-7-8-16(22(3,17)18)12-10-11(14)5-6-13(12)21-2/h5-6,10,15H,4,7-9H2,1-3H3. The molecule has 0 aliphatic heterocycles. The van der Waals surface area contributed by atoms with Gasteiger partial charge in [-0.3, -0.25) is 4.31 Å². The van der Waals surface area contributed by atoms with E-state index in [1.165, 1.54) is 13.2 Å². The highest BCUT2D eigenvalue weighted by Gasteiger charge is 2.22. The zero-order valence-electron chi connectivity index (χ0n) is 13.2. The summed E-state index contributed by atoms with van der Waals surface area (Å²) in [5.41, 5.74) is 0.261. The molecule has 0 aromatic heterocycles. The van der Waals surface area contributed by atoms with Crippen LogP contribution in [0.15, 0.2) is 18.2 Å². The fraction of sp³-hybridized carbons (Fsp3) is 0.538. The maximum absolute atomic E-state index is 12.0. The summed E-state index contributed by atoms with van der Waals surface area (Å²) in [6, 6.07) is 4.59. The van der Waals surface area contributed by atoms with Gasteiger partial charge in [0.1, 0.15) is 5.75 Å². The van der Waals surface area contributed by atoms with Crippen molar-refractivity contribution in [2.75, 3.05) is 36.5 Å². The average Bonchev–Trinajstić information content (AvgIpc) is 2.42. The number of sulfonamides is 2. The van der Waals surface area contributed by atoms with Gasteiger partial charge in [-0.15, -0.1) is 0 Å². The van der Waals surface area contributed by atoms with Gasteiger partial charge in [-0.05, 0) is 24.6 Å².